The lowest BCUT2D eigenvalue weighted by Gasteiger charge is -2.18. The maximum absolute atomic E-state index is 12.3. The van der Waals surface area contributed by atoms with Crippen molar-refractivity contribution in [3.63, 3.8) is 0 Å². The largest absolute Gasteiger partial charge is 0.492 e. The summed E-state index contributed by atoms with van der Waals surface area (Å²) < 4.78 is 28.7. The molecule has 2 rings (SSSR count). The molecule has 6 heteroatoms. The lowest BCUT2D eigenvalue weighted by Crippen LogP contribution is -2.31. The summed E-state index contributed by atoms with van der Waals surface area (Å²) in [4.78, 5) is 14.0. The predicted molar refractivity (Wildman–Crippen MR) is 88.4 cm³/mol. The number of amides is 1. The summed E-state index contributed by atoms with van der Waals surface area (Å²) >= 11 is 0. The number of rotatable bonds is 6. The number of carbonyl (C=O) groups is 1. The molecule has 23 heavy (non-hydrogen) atoms. The fourth-order valence-electron chi connectivity index (χ4n) is 2.00. The van der Waals surface area contributed by atoms with Crippen LogP contribution in [-0.4, -0.2) is 45.7 Å². The average molecular weight is 333 g/mol. The Balaban J connectivity index is 1.97. The minimum atomic E-state index is -3.33. The molecule has 0 N–H and O–H groups in total. The first-order valence-corrected chi connectivity index (χ1v) is 9.00. The van der Waals surface area contributed by atoms with Crippen molar-refractivity contribution in [2.45, 2.75) is 4.90 Å². The van der Waals surface area contributed by atoms with Crippen LogP contribution in [0.5, 0.6) is 5.75 Å². The van der Waals surface area contributed by atoms with Gasteiger partial charge in [-0.05, 0) is 30.3 Å². The molecular weight excluding hydrogens is 314 g/mol. The normalized spacial score (nSPS) is 11.0. The lowest BCUT2D eigenvalue weighted by molar-refractivity contribution is 0.0773. The topological polar surface area (TPSA) is 63.7 Å². The molecule has 0 fully saturated rings. The van der Waals surface area contributed by atoms with Crippen LogP contribution in [0.25, 0.3) is 0 Å². The molecule has 1 amide bonds. The third-order valence-corrected chi connectivity index (χ3v) is 4.40. The molecule has 0 bridgehead atoms. The van der Waals surface area contributed by atoms with Gasteiger partial charge in [-0.25, -0.2) is 8.42 Å². The molecule has 0 radical (unpaired) electrons. The van der Waals surface area contributed by atoms with Crippen molar-refractivity contribution in [3.8, 4) is 5.75 Å². The van der Waals surface area contributed by atoms with Gasteiger partial charge in [0.05, 0.1) is 11.4 Å². The number of nitrogens with zero attached hydrogens (tertiary/aromatic N) is 1. The van der Waals surface area contributed by atoms with Crippen LogP contribution in [0.2, 0.25) is 0 Å². The van der Waals surface area contributed by atoms with Crippen molar-refractivity contribution in [1.82, 2.24) is 4.90 Å². The number of carbonyl (C=O) groups excluding carboxylic acids is 1. The van der Waals surface area contributed by atoms with E-state index in [0.717, 1.165) is 12.0 Å². The third-order valence-electron chi connectivity index (χ3n) is 3.29. The number of ether oxygens (including phenoxy) is 1. The van der Waals surface area contributed by atoms with Crippen molar-refractivity contribution < 1.29 is 17.9 Å². The predicted octanol–water partition coefficient (Wildman–Crippen LogP) is 2.24. The second-order valence-electron chi connectivity index (χ2n) is 5.19. The van der Waals surface area contributed by atoms with E-state index in [0.29, 0.717) is 18.7 Å². The van der Waals surface area contributed by atoms with Gasteiger partial charge in [-0.15, -0.1) is 0 Å². The fraction of sp³-hybridized carbons (Fsp3) is 0.235. The van der Waals surface area contributed by atoms with Crippen LogP contribution in [0.4, 0.5) is 0 Å². The van der Waals surface area contributed by atoms with Crippen molar-refractivity contribution in [2.24, 2.45) is 0 Å². The van der Waals surface area contributed by atoms with Crippen molar-refractivity contribution in [3.05, 3.63) is 60.2 Å². The van der Waals surface area contributed by atoms with Crippen LogP contribution in [0.15, 0.2) is 59.5 Å². The zero-order chi connectivity index (χ0) is 16.9. The molecule has 0 atom stereocenters. The molecule has 0 aliphatic rings. The van der Waals surface area contributed by atoms with Gasteiger partial charge in [0.25, 0.3) is 5.91 Å². The van der Waals surface area contributed by atoms with E-state index in [9.17, 15) is 13.2 Å². The molecule has 2 aromatic carbocycles. The SMILES string of the molecule is CN(CCOc1ccccc1)C(=O)c1cccc(S(C)(=O)=O)c1. The zero-order valence-electron chi connectivity index (χ0n) is 13.1. The number of likely N-dealkylation sites (N-methyl/N-ethyl adjacent to an activating group) is 1. The fourth-order valence-corrected chi connectivity index (χ4v) is 2.67. The Hall–Kier alpha value is -2.34. The summed E-state index contributed by atoms with van der Waals surface area (Å²) in [7, 11) is -1.68. The highest BCUT2D eigenvalue weighted by molar-refractivity contribution is 7.90. The highest BCUT2D eigenvalue weighted by Crippen LogP contribution is 2.13. The molecular formula is C17H19NO4S. The van der Waals surface area contributed by atoms with Gasteiger partial charge in [0.2, 0.25) is 0 Å². The Morgan fingerprint density at radius 1 is 1.09 bits per heavy atom. The average Bonchev–Trinajstić information content (AvgIpc) is 2.54. The summed E-state index contributed by atoms with van der Waals surface area (Å²) in [6, 6.07) is 15.4. The maximum atomic E-state index is 12.3. The van der Waals surface area contributed by atoms with Crippen LogP contribution in [0, 0.1) is 0 Å². The summed E-state index contributed by atoms with van der Waals surface area (Å²) in [6.07, 6.45) is 1.12. The Kier molecular flexibility index (Phi) is 5.39. The van der Waals surface area contributed by atoms with Gasteiger partial charge in [0, 0.05) is 18.9 Å². The summed E-state index contributed by atoms with van der Waals surface area (Å²) in [6.45, 7) is 0.759. The molecule has 0 spiro atoms. The van der Waals surface area contributed by atoms with Crippen LogP contribution >= 0.6 is 0 Å². The monoisotopic (exact) mass is 333 g/mol. The van der Waals surface area contributed by atoms with E-state index in [1.807, 2.05) is 30.3 Å². The van der Waals surface area contributed by atoms with Crippen molar-refractivity contribution in [2.75, 3.05) is 26.5 Å². The number of sulfone groups is 1. The summed E-state index contributed by atoms with van der Waals surface area (Å²) in [5, 5.41) is 0. The number of hydrogen-bond donors (Lipinski definition) is 0. The second kappa shape index (κ2) is 7.28. The van der Waals surface area contributed by atoms with Gasteiger partial charge in [-0.1, -0.05) is 24.3 Å². The highest BCUT2D eigenvalue weighted by atomic mass is 32.2. The molecule has 0 unspecified atom stereocenters. The van der Waals surface area contributed by atoms with Crippen LogP contribution in [0.3, 0.4) is 0 Å². The molecule has 122 valence electrons. The smallest absolute Gasteiger partial charge is 0.253 e. The van der Waals surface area contributed by atoms with Crippen LogP contribution < -0.4 is 4.74 Å². The Morgan fingerprint density at radius 3 is 2.43 bits per heavy atom. The number of benzene rings is 2. The Labute approximate surface area is 136 Å². The van der Waals surface area contributed by atoms with Gasteiger partial charge < -0.3 is 9.64 Å². The maximum Gasteiger partial charge on any atom is 0.253 e. The first-order valence-electron chi connectivity index (χ1n) is 7.11. The molecule has 0 aliphatic heterocycles. The van der Waals surface area contributed by atoms with Crippen LogP contribution in [-0.2, 0) is 9.84 Å². The minimum Gasteiger partial charge on any atom is -0.492 e. The third kappa shape index (κ3) is 4.82. The van der Waals surface area contributed by atoms with Gasteiger partial charge in [0.1, 0.15) is 12.4 Å². The van der Waals surface area contributed by atoms with E-state index in [4.69, 9.17) is 4.74 Å². The van der Waals surface area contributed by atoms with Gasteiger partial charge in [0.15, 0.2) is 9.84 Å². The molecule has 0 saturated carbocycles. The number of para-hydroxylation sites is 1. The van der Waals surface area contributed by atoms with E-state index in [-0.39, 0.29) is 10.8 Å². The summed E-state index contributed by atoms with van der Waals surface area (Å²) in [5.41, 5.74) is 0.343. The van der Waals surface area contributed by atoms with Crippen molar-refractivity contribution >= 4 is 15.7 Å². The first-order chi connectivity index (χ1) is 10.9. The second-order valence-corrected chi connectivity index (χ2v) is 7.20. The van der Waals surface area contributed by atoms with E-state index < -0.39 is 9.84 Å². The molecule has 5 nitrogen and oxygen atoms in total. The molecule has 2 aromatic rings. The highest BCUT2D eigenvalue weighted by Gasteiger charge is 2.15. The van der Waals surface area contributed by atoms with Gasteiger partial charge >= 0.3 is 0 Å². The lowest BCUT2D eigenvalue weighted by atomic mass is 10.2. The van der Waals surface area contributed by atoms with Crippen LogP contribution in [0.1, 0.15) is 10.4 Å². The molecule has 0 aromatic heterocycles. The van der Waals surface area contributed by atoms with E-state index in [1.54, 1.807) is 19.2 Å². The standard InChI is InChI=1S/C17H19NO4S/c1-18(11-12-22-15-8-4-3-5-9-15)17(19)14-7-6-10-16(13-14)23(2,20)21/h3-10,13H,11-12H2,1-2H3. The minimum absolute atomic E-state index is 0.136. The Morgan fingerprint density at radius 2 is 1.78 bits per heavy atom. The molecule has 0 aliphatic carbocycles. The van der Waals surface area contributed by atoms with E-state index >= 15 is 0 Å². The molecule has 0 saturated heterocycles. The Bertz CT molecular complexity index is 772. The first kappa shape index (κ1) is 17.0. The van der Waals surface area contributed by atoms with E-state index in [1.165, 1.54) is 17.0 Å². The molecule has 0 heterocycles. The summed E-state index contributed by atoms with van der Waals surface area (Å²) in [5.74, 6) is 0.500. The van der Waals surface area contributed by atoms with E-state index in [2.05, 4.69) is 0 Å². The van der Waals surface area contributed by atoms with Gasteiger partial charge in [-0.2, -0.15) is 0 Å². The zero-order valence-corrected chi connectivity index (χ0v) is 13.9. The van der Waals surface area contributed by atoms with Crippen molar-refractivity contribution in [1.29, 1.82) is 0 Å². The quantitative estimate of drug-likeness (QED) is 0.813. The number of hydrogen-bond acceptors (Lipinski definition) is 4. The van der Waals surface area contributed by atoms with Gasteiger partial charge in [-0.3, -0.25) is 4.79 Å².